The minimum atomic E-state index is -0.0749. The Hall–Kier alpha value is -2.82. The number of amides is 1. The van der Waals surface area contributed by atoms with E-state index < -0.39 is 0 Å². The van der Waals surface area contributed by atoms with E-state index in [1.54, 1.807) is 0 Å². The smallest absolute Gasteiger partial charge is 0.221 e. The molecule has 0 aliphatic rings. The summed E-state index contributed by atoms with van der Waals surface area (Å²) in [5.41, 5.74) is 3.04. The molecular formula is C19H24N4O. The first-order valence-electron chi connectivity index (χ1n) is 7.90. The molecule has 0 bridgehead atoms. The third-order valence-corrected chi connectivity index (χ3v) is 3.38. The average Bonchev–Trinajstić information content (AvgIpc) is 2.55. The summed E-state index contributed by atoms with van der Waals surface area (Å²) >= 11 is 0. The van der Waals surface area contributed by atoms with Crippen LogP contribution in [-0.2, 0) is 17.9 Å². The van der Waals surface area contributed by atoms with E-state index in [4.69, 9.17) is 0 Å². The third kappa shape index (κ3) is 5.76. The lowest BCUT2D eigenvalue weighted by atomic mass is 10.2. The zero-order valence-electron chi connectivity index (χ0n) is 14.4. The van der Waals surface area contributed by atoms with Crippen LogP contribution < -0.4 is 10.6 Å². The Balaban J connectivity index is 2.01. The van der Waals surface area contributed by atoms with Crippen molar-refractivity contribution in [1.29, 1.82) is 0 Å². The van der Waals surface area contributed by atoms with E-state index in [1.165, 1.54) is 12.5 Å². The molecule has 2 aromatic rings. The van der Waals surface area contributed by atoms with Gasteiger partial charge < -0.3 is 15.5 Å². The third-order valence-electron chi connectivity index (χ3n) is 3.38. The highest BCUT2D eigenvalue weighted by molar-refractivity contribution is 5.88. The molecule has 0 saturated heterocycles. The Bertz CT molecular complexity index is 696. The highest BCUT2D eigenvalue weighted by Crippen LogP contribution is 2.11. The number of aliphatic imine (C=N–C) groups is 1. The molecule has 0 radical (unpaired) electrons. The van der Waals surface area contributed by atoms with Crippen LogP contribution >= 0.6 is 0 Å². The number of nitrogens with one attached hydrogen (secondary N) is 2. The molecule has 0 aromatic heterocycles. The van der Waals surface area contributed by atoms with E-state index >= 15 is 0 Å². The van der Waals surface area contributed by atoms with E-state index in [1.807, 2.05) is 61.5 Å². The maximum absolute atomic E-state index is 11.1. The van der Waals surface area contributed by atoms with Crippen LogP contribution in [-0.4, -0.2) is 30.9 Å². The van der Waals surface area contributed by atoms with Crippen molar-refractivity contribution in [3.63, 3.8) is 0 Å². The molecular weight excluding hydrogens is 300 g/mol. The van der Waals surface area contributed by atoms with Gasteiger partial charge in [0.15, 0.2) is 5.96 Å². The van der Waals surface area contributed by atoms with Crippen molar-refractivity contribution in [2.45, 2.75) is 20.0 Å². The van der Waals surface area contributed by atoms with Gasteiger partial charge in [0.05, 0.1) is 6.54 Å². The molecule has 1 amide bonds. The molecule has 24 heavy (non-hydrogen) atoms. The van der Waals surface area contributed by atoms with Crippen LogP contribution in [0.15, 0.2) is 59.6 Å². The Morgan fingerprint density at radius 1 is 1.04 bits per heavy atom. The second-order valence-corrected chi connectivity index (χ2v) is 5.75. The first-order valence-corrected chi connectivity index (χ1v) is 7.90. The van der Waals surface area contributed by atoms with Crippen molar-refractivity contribution in [2.24, 2.45) is 4.99 Å². The molecule has 126 valence electrons. The van der Waals surface area contributed by atoms with Crippen molar-refractivity contribution in [1.82, 2.24) is 10.2 Å². The second kappa shape index (κ2) is 8.72. The number of hydrogen-bond donors (Lipinski definition) is 2. The van der Waals surface area contributed by atoms with Crippen molar-refractivity contribution in [3.05, 3.63) is 65.7 Å². The van der Waals surface area contributed by atoms with E-state index in [-0.39, 0.29) is 5.91 Å². The minimum Gasteiger partial charge on any atom is -0.352 e. The van der Waals surface area contributed by atoms with Crippen molar-refractivity contribution in [2.75, 3.05) is 19.4 Å². The highest BCUT2D eigenvalue weighted by Gasteiger charge is 2.03. The van der Waals surface area contributed by atoms with Crippen LogP contribution in [0.1, 0.15) is 18.1 Å². The number of nitrogens with zero attached hydrogens (tertiary/aromatic N) is 2. The fourth-order valence-corrected chi connectivity index (χ4v) is 2.25. The summed E-state index contributed by atoms with van der Waals surface area (Å²) in [6.45, 7) is 2.77. The topological polar surface area (TPSA) is 56.7 Å². The molecule has 0 fully saturated rings. The lowest BCUT2D eigenvalue weighted by molar-refractivity contribution is -0.114. The molecule has 5 nitrogen and oxygen atoms in total. The number of guanidine groups is 1. The van der Waals surface area contributed by atoms with Crippen LogP contribution in [0.5, 0.6) is 0 Å². The molecule has 0 heterocycles. The lowest BCUT2D eigenvalue weighted by Gasteiger charge is -2.18. The van der Waals surface area contributed by atoms with Gasteiger partial charge in [0, 0.05) is 33.3 Å². The van der Waals surface area contributed by atoms with Gasteiger partial charge in [-0.1, -0.05) is 42.5 Å². The molecule has 0 aliphatic carbocycles. The highest BCUT2D eigenvalue weighted by atomic mass is 16.1. The van der Waals surface area contributed by atoms with Gasteiger partial charge in [-0.3, -0.25) is 4.79 Å². The zero-order chi connectivity index (χ0) is 17.4. The summed E-state index contributed by atoms with van der Waals surface area (Å²) in [4.78, 5) is 17.8. The van der Waals surface area contributed by atoms with Crippen LogP contribution in [0, 0.1) is 0 Å². The number of hydrogen-bond acceptors (Lipinski definition) is 2. The Morgan fingerprint density at radius 3 is 2.42 bits per heavy atom. The maximum atomic E-state index is 11.1. The van der Waals surface area contributed by atoms with E-state index in [0.717, 1.165) is 23.8 Å². The normalized spacial score (nSPS) is 11.0. The summed E-state index contributed by atoms with van der Waals surface area (Å²) < 4.78 is 0. The SMILES string of the molecule is CC(=O)Nc1cccc(CN=C(NCc2ccccc2)N(C)C)c1. The summed E-state index contributed by atoms with van der Waals surface area (Å²) in [7, 11) is 3.93. The second-order valence-electron chi connectivity index (χ2n) is 5.75. The van der Waals surface area contributed by atoms with Crippen molar-refractivity contribution in [3.8, 4) is 0 Å². The van der Waals surface area contributed by atoms with E-state index in [2.05, 4.69) is 27.8 Å². The molecule has 0 aliphatic heterocycles. The van der Waals surface area contributed by atoms with Crippen LogP contribution in [0.25, 0.3) is 0 Å². The van der Waals surface area contributed by atoms with Gasteiger partial charge >= 0.3 is 0 Å². The monoisotopic (exact) mass is 324 g/mol. The molecule has 2 rings (SSSR count). The van der Waals surface area contributed by atoms with Gasteiger partial charge in [0.2, 0.25) is 5.91 Å². The number of benzene rings is 2. The first kappa shape index (κ1) is 17.5. The average molecular weight is 324 g/mol. The van der Waals surface area contributed by atoms with Crippen molar-refractivity contribution < 1.29 is 4.79 Å². The molecule has 5 heteroatoms. The van der Waals surface area contributed by atoms with E-state index in [9.17, 15) is 4.79 Å². The van der Waals surface area contributed by atoms with Gasteiger partial charge in [-0.05, 0) is 23.3 Å². The largest absolute Gasteiger partial charge is 0.352 e. The number of anilines is 1. The molecule has 2 N–H and O–H groups in total. The Kier molecular flexibility index (Phi) is 6.37. The summed E-state index contributed by atoms with van der Waals surface area (Å²) in [5.74, 6) is 0.748. The van der Waals surface area contributed by atoms with Crippen LogP contribution in [0.3, 0.4) is 0 Å². The maximum Gasteiger partial charge on any atom is 0.221 e. The summed E-state index contributed by atoms with van der Waals surface area (Å²) in [6, 6.07) is 17.9. The lowest BCUT2D eigenvalue weighted by Crippen LogP contribution is -2.36. The van der Waals surface area contributed by atoms with Gasteiger partial charge in [-0.2, -0.15) is 0 Å². The van der Waals surface area contributed by atoms with Gasteiger partial charge in [0.25, 0.3) is 0 Å². The summed E-state index contributed by atoms with van der Waals surface area (Å²) in [6.07, 6.45) is 0. The Morgan fingerprint density at radius 2 is 1.75 bits per heavy atom. The first-order chi connectivity index (χ1) is 11.5. The molecule has 2 aromatic carbocycles. The van der Waals surface area contributed by atoms with Crippen LogP contribution in [0.2, 0.25) is 0 Å². The number of carbonyl (C=O) groups excluding carboxylic acids is 1. The zero-order valence-corrected chi connectivity index (χ0v) is 14.4. The van der Waals surface area contributed by atoms with Gasteiger partial charge in [-0.25, -0.2) is 4.99 Å². The van der Waals surface area contributed by atoms with E-state index in [0.29, 0.717) is 6.54 Å². The molecule has 0 spiro atoms. The van der Waals surface area contributed by atoms with Crippen LogP contribution in [0.4, 0.5) is 5.69 Å². The number of carbonyl (C=O) groups is 1. The Labute approximate surface area is 143 Å². The number of rotatable bonds is 5. The minimum absolute atomic E-state index is 0.0749. The predicted octanol–water partition coefficient (Wildman–Crippen LogP) is 2.85. The van der Waals surface area contributed by atoms with Gasteiger partial charge in [-0.15, -0.1) is 0 Å². The quantitative estimate of drug-likeness (QED) is 0.657. The molecule has 0 unspecified atom stereocenters. The van der Waals surface area contributed by atoms with Crippen molar-refractivity contribution >= 4 is 17.6 Å². The molecule has 0 saturated carbocycles. The fourth-order valence-electron chi connectivity index (χ4n) is 2.25. The summed E-state index contributed by atoms with van der Waals surface area (Å²) in [5, 5.41) is 6.15. The molecule has 0 atom stereocenters. The standard InChI is InChI=1S/C19H24N4O/c1-15(24)22-18-11-7-10-17(12-18)14-21-19(23(2)3)20-13-16-8-5-4-6-9-16/h4-12H,13-14H2,1-3H3,(H,20,21)(H,22,24). The predicted molar refractivity (Wildman–Crippen MR) is 98.9 cm³/mol. The fraction of sp³-hybridized carbons (Fsp3) is 0.263. The van der Waals surface area contributed by atoms with Gasteiger partial charge in [0.1, 0.15) is 0 Å².